The van der Waals surface area contributed by atoms with Gasteiger partial charge in [0.2, 0.25) is 11.7 Å². The smallest absolute Gasteiger partial charge is 0.272 e. The van der Waals surface area contributed by atoms with Gasteiger partial charge in [0.1, 0.15) is 5.69 Å². The molecule has 1 aliphatic rings. The fourth-order valence-corrected chi connectivity index (χ4v) is 2.63. The Morgan fingerprint density at radius 3 is 3.17 bits per heavy atom. The van der Waals surface area contributed by atoms with E-state index in [1.54, 1.807) is 6.07 Å². The van der Waals surface area contributed by atoms with Crippen LogP contribution in [-0.2, 0) is 13.1 Å². The topological polar surface area (TPSA) is 102 Å². The van der Waals surface area contributed by atoms with Crippen molar-refractivity contribution in [1.29, 1.82) is 0 Å². The van der Waals surface area contributed by atoms with Gasteiger partial charge in [0.05, 0.1) is 12.2 Å². The molecule has 0 atom stereocenters. The molecule has 1 fully saturated rings. The number of aromatic nitrogens is 5. The van der Waals surface area contributed by atoms with Crippen molar-refractivity contribution in [2.45, 2.75) is 38.8 Å². The maximum Gasteiger partial charge on any atom is 0.272 e. The molecule has 0 bridgehead atoms. The summed E-state index contributed by atoms with van der Waals surface area (Å²) >= 11 is 0. The van der Waals surface area contributed by atoms with Crippen molar-refractivity contribution in [3.8, 4) is 11.5 Å². The van der Waals surface area contributed by atoms with E-state index < -0.39 is 0 Å². The summed E-state index contributed by atoms with van der Waals surface area (Å²) in [4.78, 5) is 16.5. The number of H-pyrrole nitrogens is 1. The standard InChI is InChI=1S/C16H18N6O2/c1-2-22-7-3-4-13(22)15-18-14(24-21-15)9-17-16(23)12-8-11(19-20-12)10-5-6-10/h3-4,7-8,10H,2,5-6,9H2,1H3,(H,17,23)(H,19,20). The van der Waals surface area contributed by atoms with E-state index in [9.17, 15) is 4.79 Å². The minimum atomic E-state index is -0.255. The van der Waals surface area contributed by atoms with E-state index in [1.165, 1.54) is 0 Å². The Kier molecular flexibility index (Phi) is 3.64. The summed E-state index contributed by atoms with van der Waals surface area (Å²) in [5.74, 6) is 1.16. The van der Waals surface area contributed by atoms with Crippen LogP contribution in [0.25, 0.3) is 11.5 Å². The number of aromatic amines is 1. The Morgan fingerprint density at radius 2 is 2.38 bits per heavy atom. The summed E-state index contributed by atoms with van der Waals surface area (Å²) in [6.07, 6.45) is 4.28. The molecule has 1 aliphatic carbocycles. The fourth-order valence-electron chi connectivity index (χ4n) is 2.63. The van der Waals surface area contributed by atoms with Gasteiger partial charge in [0.25, 0.3) is 5.91 Å². The average Bonchev–Trinajstić information content (AvgIpc) is 3.05. The Labute approximate surface area is 138 Å². The van der Waals surface area contributed by atoms with Crippen molar-refractivity contribution in [1.82, 2.24) is 30.2 Å². The number of carbonyl (C=O) groups excluding carboxylic acids is 1. The third-order valence-corrected chi connectivity index (χ3v) is 4.12. The molecule has 1 saturated carbocycles. The van der Waals surface area contributed by atoms with E-state index in [2.05, 4.69) is 25.7 Å². The van der Waals surface area contributed by atoms with E-state index in [1.807, 2.05) is 29.8 Å². The predicted molar refractivity (Wildman–Crippen MR) is 85.1 cm³/mol. The Hall–Kier alpha value is -2.90. The van der Waals surface area contributed by atoms with Gasteiger partial charge in [0, 0.05) is 24.4 Å². The second-order valence-electron chi connectivity index (χ2n) is 5.86. The SMILES string of the molecule is CCn1cccc1-c1noc(CNC(=O)c2cc(C3CC3)[nH]n2)n1. The average molecular weight is 326 g/mol. The van der Waals surface area contributed by atoms with Crippen LogP contribution in [0.1, 0.15) is 47.8 Å². The highest BCUT2D eigenvalue weighted by atomic mass is 16.5. The third kappa shape index (κ3) is 2.82. The number of hydrogen-bond donors (Lipinski definition) is 2. The van der Waals surface area contributed by atoms with Crippen molar-refractivity contribution in [2.75, 3.05) is 0 Å². The molecule has 0 spiro atoms. The first-order valence-electron chi connectivity index (χ1n) is 8.06. The molecule has 124 valence electrons. The van der Waals surface area contributed by atoms with E-state index in [4.69, 9.17) is 4.52 Å². The summed E-state index contributed by atoms with van der Waals surface area (Å²) in [6.45, 7) is 3.04. The zero-order valence-electron chi connectivity index (χ0n) is 13.3. The van der Waals surface area contributed by atoms with Gasteiger partial charge in [-0.25, -0.2) is 0 Å². The Balaban J connectivity index is 1.39. The maximum absolute atomic E-state index is 12.1. The largest absolute Gasteiger partial charge is 0.345 e. The predicted octanol–water partition coefficient (Wildman–Crippen LogP) is 2.09. The van der Waals surface area contributed by atoms with Gasteiger partial charge in [-0.3, -0.25) is 9.89 Å². The van der Waals surface area contributed by atoms with Crippen molar-refractivity contribution in [2.24, 2.45) is 0 Å². The molecule has 8 nitrogen and oxygen atoms in total. The number of aryl methyl sites for hydroxylation is 1. The number of hydrogen-bond acceptors (Lipinski definition) is 5. The highest BCUT2D eigenvalue weighted by Gasteiger charge is 2.26. The van der Waals surface area contributed by atoms with Crippen LogP contribution < -0.4 is 5.32 Å². The second kappa shape index (κ2) is 5.95. The first kappa shape index (κ1) is 14.7. The summed E-state index contributed by atoms with van der Waals surface area (Å²) in [7, 11) is 0. The van der Waals surface area contributed by atoms with Crippen LogP contribution in [0.4, 0.5) is 0 Å². The van der Waals surface area contributed by atoms with Crippen LogP contribution in [-0.4, -0.2) is 30.8 Å². The molecule has 3 heterocycles. The van der Waals surface area contributed by atoms with Crippen molar-refractivity contribution < 1.29 is 9.32 Å². The number of amides is 1. The molecule has 0 aromatic carbocycles. The molecule has 8 heteroatoms. The Bertz CT molecular complexity index is 857. The third-order valence-electron chi connectivity index (χ3n) is 4.12. The molecule has 1 amide bonds. The number of nitrogens with one attached hydrogen (secondary N) is 2. The zero-order chi connectivity index (χ0) is 16.5. The number of carbonyl (C=O) groups is 1. The minimum Gasteiger partial charge on any atom is -0.345 e. The molecular weight excluding hydrogens is 308 g/mol. The van der Waals surface area contributed by atoms with E-state index >= 15 is 0 Å². The lowest BCUT2D eigenvalue weighted by atomic mass is 10.2. The number of nitrogens with zero attached hydrogens (tertiary/aromatic N) is 4. The summed E-state index contributed by atoms with van der Waals surface area (Å²) < 4.78 is 7.23. The van der Waals surface area contributed by atoms with E-state index in [0.29, 0.717) is 23.3 Å². The molecule has 0 radical (unpaired) electrons. The molecular formula is C16H18N6O2. The van der Waals surface area contributed by atoms with E-state index in [0.717, 1.165) is 30.8 Å². The Morgan fingerprint density at radius 1 is 1.50 bits per heavy atom. The van der Waals surface area contributed by atoms with Gasteiger partial charge in [-0.1, -0.05) is 5.16 Å². The van der Waals surface area contributed by atoms with Crippen LogP contribution >= 0.6 is 0 Å². The van der Waals surface area contributed by atoms with Gasteiger partial charge >= 0.3 is 0 Å². The van der Waals surface area contributed by atoms with Gasteiger partial charge in [-0.15, -0.1) is 0 Å². The molecule has 3 aromatic rings. The quantitative estimate of drug-likeness (QED) is 0.722. The van der Waals surface area contributed by atoms with Crippen LogP contribution in [0.2, 0.25) is 0 Å². The highest BCUT2D eigenvalue weighted by molar-refractivity contribution is 5.92. The molecule has 0 saturated heterocycles. The van der Waals surface area contributed by atoms with Crippen LogP contribution in [0.15, 0.2) is 28.9 Å². The lowest BCUT2D eigenvalue weighted by Gasteiger charge is -2.00. The van der Waals surface area contributed by atoms with Crippen molar-refractivity contribution in [3.63, 3.8) is 0 Å². The van der Waals surface area contributed by atoms with Crippen molar-refractivity contribution >= 4 is 5.91 Å². The second-order valence-corrected chi connectivity index (χ2v) is 5.86. The first-order valence-corrected chi connectivity index (χ1v) is 8.06. The molecule has 2 N–H and O–H groups in total. The van der Waals surface area contributed by atoms with E-state index in [-0.39, 0.29) is 12.5 Å². The first-order chi connectivity index (χ1) is 11.7. The summed E-state index contributed by atoms with van der Waals surface area (Å²) in [6, 6.07) is 5.67. The van der Waals surface area contributed by atoms with Crippen LogP contribution in [0.5, 0.6) is 0 Å². The van der Waals surface area contributed by atoms with Gasteiger partial charge in [-0.2, -0.15) is 10.1 Å². The maximum atomic E-state index is 12.1. The molecule has 3 aromatic heterocycles. The van der Waals surface area contributed by atoms with Gasteiger partial charge < -0.3 is 14.4 Å². The highest BCUT2D eigenvalue weighted by Crippen LogP contribution is 2.38. The van der Waals surface area contributed by atoms with Crippen molar-refractivity contribution in [3.05, 3.63) is 41.7 Å². The summed E-state index contributed by atoms with van der Waals surface area (Å²) in [5.41, 5.74) is 2.30. The molecule has 24 heavy (non-hydrogen) atoms. The minimum absolute atomic E-state index is 0.171. The van der Waals surface area contributed by atoms with Crippen LogP contribution in [0, 0.1) is 0 Å². The molecule has 0 unspecified atom stereocenters. The van der Waals surface area contributed by atoms with Crippen LogP contribution in [0.3, 0.4) is 0 Å². The van der Waals surface area contributed by atoms with Gasteiger partial charge in [-0.05, 0) is 38.0 Å². The van der Waals surface area contributed by atoms with Gasteiger partial charge in [0.15, 0.2) is 0 Å². The lowest BCUT2D eigenvalue weighted by molar-refractivity contribution is 0.0941. The fraction of sp³-hybridized carbons (Fsp3) is 0.375. The molecule has 0 aliphatic heterocycles. The number of rotatable bonds is 6. The summed E-state index contributed by atoms with van der Waals surface area (Å²) in [5, 5.41) is 13.7. The normalized spacial score (nSPS) is 14.0. The zero-order valence-corrected chi connectivity index (χ0v) is 13.3. The monoisotopic (exact) mass is 326 g/mol. The molecule has 4 rings (SSSR count). The lowest BCUT2D eigenvalue weighted by Crippen LogP contribution is -2.23.